The van der Waals surface area contributed by atoms with Crippen LogP contribution in [-0.2, 0) is 6.54 Å². The van der Waals surface area contributed by atoms with Crippen molar-refractivity contribution < 1.29 is 0 Å². The Bertz CT molecular complexity index is 544. The number of hydrogen-bond donors (Lipinski definition) is 2. The van der Waals surface area contributed by atoms with Crippen molar-refractivity contribution in [3.63, 3.8) is 0 Å². The predicted octanol–water partition coefficient (Wildman–Crippen LogP) is 1.94. The van der Waals surface area contributed by atoms with Gasteiger partial charge in [-0.1, -0.05) is 6.07 Å². The maximum absolute atomic E-state index is 5.84. The van der Waals surface area contributed by atoms with Gasteiger partial charge in [-0.15, -0.1) is 24.0 Å². The highest BCUT2D eigenvalue weighted by Gasteiger charge is 1.97. The number of rotatable bonds is 4. The zero-order valence-electron chi connectivity index (χ0n) is 11.6. The first-order chi connectivity index (χ1) is 9.13. The number of aromatic nitrogens is 3. The monoisotopic (exact) mass is 386 g/mol. The molecule has 1 aromatic carbocycles. The molecule has 0 aliphatic heterocycles. The third kappa shape index (κ3) is 5.16. The van der Waals surface area contributed by atoms with Gasteiger partial charge in [0.05, 0.1) is 13.1 Å². The van der Waals surface area contributed by atoms with E-state index < -0.39 is 0 Å². The molecule has 6 nitrogen and oxygen atoms in total. The lowest BCUT2D eigenvalue weighted by molar-refractivity contribution is 0.624. The Labute approximate surface area is 135 Å². The number of aliphatic imine (C=N–C) groups is 1. The molecule has 0 unspecified atom stereocenters. The van der Waals surface area contributed by atoms with Crippen LogP contribution in [0, 0.1) is 13.8 Å². The molecule has 0 saturated heterocycles. The molecular formula is C13H19IN6. The Morgan fingerprint density at radius 2 is 2.00 bits per heavy atom. The molecule has 0 fully saturated rings. The van der Waals surface area contributed by atoms with Crippen molar-refractivity contribution in [3.8, 4) is 0 Å². The van der Waals surface area contributed by atoms with Crippen LogP contribution < -0.4 is 11.1 Å². The van der Waals surface area contributed by atoms with E-state index in [2.05, 4.69) is 40.3 Å². The Balaban J connectivity index is 0.00000200. The summed E-state index contributed by atoms with van der Waals surface area (Å²) in [4.78, 5) is 8.11. The first-order valence-corrected chi connectivity index (χ1v) is 6.11. The fraction of sp³-hybridized carbons (Fsp3) is 0.308. The average Bonchev–Trinajstić information content (AvgIpc) is 2.80. The van der Waals surface area contributed by atoms with E-state index in [1.807, 2.05) is 12.1 Å². The molecule has 1 aromatic heterocycles. The van der Waals surface area contributed by atoms with Gasteiger partial charge in [-0.3, -0.25) is 9.67 Å². The van der Waals surface area contributed by atoms with Gasteiger partial charge in [-0.25, -0.2) is 4.98 Å². The number of halogens is 1. The van der Waals surface area contributed by atoms with Gasteiger partial charge in [0.15, 0.2) is 5.96 Å². The summed E-state index contributed by atoms with van der Waals surface area (Å²) in [5, 5.41) is 7.08. The Morgan fingerprint density at radius 3 is 2.60 bits per heavy atom. The molecule has 0 atom stereocenters. The van der Waals surface area contributed by atoms with Crippen molar-refractivity contribution >= 4 is 35.6 Å². The fourth-order valence-corrected chi connectivity index (χ4v) is 1.86. The lowest BCUT2D eigenvalue weighted by Crippen LogP contribution is -2.23. The van der Waals surface area contributed by atoms with Crippen LogP contribution in [0.2, 0.25) is 0 Å². The largest absolute Gasteiger partial charge is 0.370 e. The molecule has 0 aliphatic rings. The van der Waals surface area contributed by atoms with Crippen molar-refractivity contribution in [3.05, 3.63) is 42.0 Å². The van der Waals surface area contributed by atoms with E-state index >= 15 is 0 Å². The van der Waals surface area contributed by atoms with Crippen LogP contribution in [0.5, 0.6) is 0 Å². The minimum atomic E-state index is 0. The van der Waals surface area contributed by atoms with Crippen molar-refractivity contribution in [1.82, 2.24) is 14.8 Å². The molecule has 20 heavy (non-hydrogen) atoms. The second-order valence-electron chi connectivity index (χ2n) is 4.43. The molecule has 108 valence electrons. The predicted molar refractivity (Wildman–Crippen MR) is 91.5 cm³/mol. The molecule has 7 heteroatoms. The maximum atomic E-state index is 5.84. The van der Waals surface area contributed by atoms with Gasteiger partial charge in [-0.05, 0) is 37.1 Å². The number of anilines is 1. The first-order valence-electron chi connectivity index (χ1n) is 6.11. The van der Waals surface area contributed by atoms with Gasteiger partial charge >= 0.3 is 0 Å². The molecule has 0 bridgehead atoms. The third-order valence-electron chi connectivity index (χ3n) is 2.57. The van der Waals surface area contributed by atoms with Gasteiger partial charge in [-0.2, -0.15) is 5.10 Å². The minimum Gasteiger partial charge on any atom is -0.370 e. The van der Waals surface area contributed by atoms with Crippen molar-refractivity contribution in [2.45, 2.75) is 20.4 Å². The molecule has 0 aliphatic carbocycles. The number of aryl methyl sites for hydroxylation is 2. The van der Waals surface area contributed by atoms with E-state index in [1.165, 1.54) is 17.5 Å². The zero-order chi connectivity index (χ0) is 13.7. The normalized spacial score (nSPS) is 11.0. The van der Waals surface area contributed by atoms with Crippen molar-refractivity contribution in [1.29, 1.82) is 0 Å². The molecule has 1 heterocycles. The highest BCUT2D eigenvalue weighted by atomic mass is 127. The molecular weight excluding hydrogens is 367 g/mol. The number of guanidine groups is 1. The van der Waals surface area contributed by atoms with Crippen LogP contribution in [-0.4, -0.2) is 27.3 Å². The molecule has 0 spiro atoms. The van der Waals surface area contributed by atoms with E-state index in [9.17, 15) is 0 Å². The summed E-state index contributed by atoms with van der Waals surface area (Å²) < 4.78 is 1.72. The van der Waals surface area contributed by atoms with Crippen LogP contribution in [0.4, 0.5) is 5.69 Å². The van der Waals surface area contributed by atoms with Gasteiger partial charge in [0, 0.05) is 5.69 Å². The van der Waals surface area contributed by atoms with Gasteiger partial charge in [0.25, 0.3) is 0 Å². The minimum absolute atomic E-state index is 0. The topological polar surface area (TPSA) is 81.1 Å². The summed E-state index contributed by atoms with van der Waals surface area (Å²) in [5.74, 6) is 0.408. The number of nitrogens with zero attached hydrogens (tertiary/aromatic N) is 4. The summed E-state index contributed by atoms with van der Waals surface area (Å²) in [6.07, 6.45) is 3.16. The molecule has 0 radical (unpaired) electrons. The van der Waals surface area contributed by atoms with E-state index in [0.29, 0.717) is 19.0 Å². The maximum Gasteiger partial charge on any atom is 0.193 e. The van der Waals surface area contributed by atoms with E-state index in [-0.39, 0.29) is 24.0 Å². The van der Waals surface area contributed by atoms with E-state index in [1.54, 1.807) is 11.0 Å². The smallest absolute Gasteiger partial charge is 0.193 e. The van der Waals surface area contributed by atoms with Gasteiger partial charge < -0.3 is 11.1 Å². The third-order valence-corrected chi connectivity index (χ3v) is 2.57. The fourth-order valence-electron chi connectivity index (χ4n) is 1.86. The molecule has 2 aromatic rings. The molecule has 3 N–H and O–H groups in total. The van der Waals surface area contributed by atoms with Crippen molar-refractivity contribution in [2.75, 3.05) is 11.9 Å². The standard InChI is InChI=1S/C13H18N6.HI/c1-10-5-11(2)7-12(6-10)18-13(14)16-3-4-19-9-15-8-17-19;/h5-9H,3-4H2,1-2H3,(H3,14,16,18);1H. The Kier molecular flexibility index (Phi) is 6.43. The lowest BCUT2D eigenvalue weighted by atomic mass is 10.1. The van der Waals surface area contributed by atoms with Crippen LogP contribution in [0.25, 0.3) is 0 Å². The summed E-state index contributed by atoms with van der Waals surface area (Å²) in [6.45, 7) is 5.33. The van der Waals surface area contributed by atoms with Gasteiger partial charge in [0.2, 0.25) is 0 Å². The first kappa shape index (κ1) is 16.4. The molecule has 0 amide bonds. The second kappa shape index (κ2) is 7.83. The zero-order valence-corrected chi connectivity index (χ0v) is 13.9. The number of nitrogens with two attached hydrogens (primary N) is 1. The average molecular weight is 386 g/mol. The van der Waals surface area contributed by atoms with Crippen LogP contribution in [0.15, 0.2) is 35.8 Å². The lowest BCUT2D eigenvalue weighted by Gasteiger charge is -2.08. The summed E-state index contributed by atoms with van der Waals surface area (Å²) in [5.41, 5.74) is 9.18. The Morgan fingerprint density at radius 1 is 1.30 bits per heavy atom. The van der Waals surface area contributed by atoms with Gasteiger partial charge in [0.1, 0.15) is 12.7 Å². The summed E-state index contributed by atoms with van der Waals surface area (Å²) in [7, 11) is 0. The summed E-state index contributed by atoms with van der Waals surface area (Å²) >= 11 is 0. The van der Waals surface area contributed by atoms with E-state index in [0.717, 1.165) is 5.69 Å². The van der Waals surface area contributed by atoms with Crippen LogP contribution >= 0.6 is 24.0 Å². The quantitative estimate of drug-likeness (QED) is 0.478. The SMILES string of the molecule is Cc1cc(C)cc(NC(N)=NCCn2cncn2)c1.I. The summed E-state index contributed by atoms with van der Waals surface area (Å²) in [6, 6.07) is 6.18. The highest BCUT2D eigenvalue weighted by Crippen LogP contribution is 2.13. The van der Waals surface area contributed by atoms with Crippen LogP contribution in [0.3, 0.4) is 0 Å². The van der Waals surface area contributed by atoms with Crippen LogP contribution in [0.1, 0.15) is 11.1 Å². The Hall–Kier alpha value is -1.64. The number of nitrogens with one attached hydrogen (secondary N) is 1. The molecule has 0 saturated carbocycles. The highest BCUT2D eigenvalue weighted by molar-refractivity contribution is 14.0. The molecule has 2 rings (SSSR count). The van der Waals surface area contributed by atoms with E-state index in [4.69, 9.17) is 5.73 Å². The van der Waals surface area contributed by atoms with Crippen molar-refractivity contribution in [2.24, 2.45) is 10.7 Å². The number of hydrogen-bond acceptors (Lipinski definition) is 3. The number of benzene rings is 1. The second-order valence-corrected chi connectivity index (χ2v) is 4.43.